The van der Waals surface area contributed by atoms with Crippen LogP contribution in [0.25, 0.3) is 0 Å². The fourth-order valence-corrected chi connectivity index (χ4v) is 2.47. The minimum absolute atomic E-state index is 0.188. The van der Waals surface area contributed by atoms with E-state index in [4.69, 9.17) is 0 Å². The number of nitrogens with zero attached hydrogens (tertiary/aromatic N) is 2. The molecule has 0 saturated carbocycles. The van der Waals surface area contributed by atoms with Crippen LogP contribution in [0.5, 0.6) is 0 Å². The van der Waals surface area contributed by atoms with Gasteiger partial charge >= 0.3 is 0 Å². The number of hydrogen-bond acceptors (Lipinski definition) is 2. The van der Waals surface area contributed by atoms with Crippen molar-refractivity contribution in [1.82, 2.24) is 15.1 Å². The molecule has 0 aliphatic heterocycles. The van der Waals surface area contributed by atoms with Crippen LogP contribution in [0.1, 0.15) is 29.8 Å². The number of rotatable bonds is 6. The molecular weight excluding hydrogens is 253 g/mol. The van der Waals surface area contributed by atoms with Gasteiger partial charge in [0.25, 0.3) is 0 Å². The Labute approximate surface area is 119 Å². The maximum Gasteiger partial charge on any atom is 0.123 e. The molecule has 20 heavy (non-hydrogen) atoms. The lowest BCUT2D eigenvalue weighted by atomic mass is 9.94. The molecule has 1 N–H and O–H groups in total. The van der Waals surface area contributed by atoms with Crippen LogP contribution in [0.15, 0.2) is 30.3 Å². The van der Waals surface area contributed by atoms with E-state index < -0.39 is 0 Å². The van der Waals surface area contributed by atoms with Gasteiger partial charge in [0.05, 0.1) is 5.69 Å². The molecule has 2 rings (SSSR count). The van der Waals surface area contributed by atoms with Crippen molar-refractivity contribution in [3.63, 3.8) is 0 Å². The van der Waals surface area contributed by atoms with E-state index >= 15 is 0 Å². The predicted molar refractivity (Wildman–Crippen MR) is 79.3 cm³/mol. The lowest BCUT2D eigenvalue weighted by Crippen LogP contribution is -2.23. The first-order valence-electron chi connectivity index (χ1n) is 7.06. The Morgan fingerprint density at radius 2 is 2.00 bits per heavy atom. The molecular formula is C16H22FN3. The molecule has 0 bridgehead atoms. The maximum absolute atomic E-state index is 13.1. The van der Waals surface area contributed by atoms with Crippen molar-refractivity contribution >= 4 is 0 Å². The van der Waals surface area contributed by atoms with Gasteiger partial charge in [-0.25, -0.2) is 4.39 Å². The summed E-state index contributed by atoms with van der Waals surface area (Å²) < 4.78 is 15.0. The Kier molecular flexibility index (Phi) is 4.90. The van der Waals surface area contributed by atoms with Crippen LogP contribution in [0.2, 0.25) is 0 Å². The summed E-state index contributed by atoms with van der Waals surface area (Å²) in [5.74, 6) is 0.137. The molecule has 0 aliphatic rings. The van der Waals surface area contributed by atoms with Crippen LogP contribution in [0.3, 0.4) is 0 Å². The van der Waals surface area contributed by atoms with Crippen molar-refractivity contribution < 1.29 is 4.39 Å². The molecule has 1 heterocycles. The van der Waals surface area contributed by atoms with Gasteiger partial charge in [-0.1, -0.05) is 19.1 Å². The zero-order valence-corrected chi connectivity index (χ0v) is 12.4. The number of aromatic nitrogens is 2. The van der Waals surface area contributed by atoms with E-state index in [1.165, 1.54) is 17.8 Å². The summed E-state index contributed by atoms with van der Waals surface area (Å²) in [6.45, 7) is 5.91. The normalized spacial score (nSPS) is 12.6. The van der Waals surface area contributed by atoms with Crippen molar-refractivity contribution in [1.29, 1.82) is 0 Å². The average Bonchev–Trinajstić information content (AvgIpc) is 2.74. The van der Waals surface area contributed by atoms with Crippen LogP contribution in [-0.4, -0.2) is 22.9 Å². The summed E-state index contributed by atoms with van der Waals surface area (Å²) in [6.07, 6.45) is 0.899. The highest BCUT2D eigenvalue weighted by atomic mass is 19.1. The Balaban J connectivity index is 2.18. The van der Waals surface area contributed by atoms with E-state index in [0.29, 0.717) is 5.92 Å². The van der Waals surface area contributed by atoms with Gasteiger partial charge in [-0.2, -0.15) is 5.10 Å². The summed E-state index contributed by atoms with van der Waals surface area (Å²) in [6, 6.07) is 8.93. The number of hydrogen-bond donors (Lipinski definition) is 1. The SMILES string of the molecule is CCNCC(Cc1cc(C)nn1C)c1ccc(F)cc1. The van der Waals surface area contributed by atoms with Crippen LogP contribution in [0.4, 0.5) is 4.39 Å². The maximum atomic E-state index is 13.1. The molecule has 1 atom stereocenters. The van der Waals surface area contributed by atoms with Crippen molar-refractivity contribution in [2.24, 2.45) is 7.05 Å². The Morgan fingerprint density at radius 3 is 2.55 bits per heavy atom. The third kappa shape index (κ3) is 3.67. The van der Waals surface area contributed by atoms with E-state index in [1.807, 2.05) is 30.8 Å². The minimum atomic E-state index is -0.188. The van der Waals surface area contributed by atoms with Crippen LogP contribution in [-0.2, 0) is 13.5 Å². The smallest absolute Gasteiger partial charge is 0.123 e. The summed E-state index contributed by atoms with van der Waals surface area (Å²) >= 11 is 0. The van der Waals surface area contributed by atoms with Crippen LogP contribution in [0, 0.1) is 12.7 Å². The highest BCUT2D eigenvalue weighted by Crippen LogP contribution is 2.21. The van der Waals surface area contributed by atoms with Crippen molar-refractivity contribution in [2.75, 3.05) is 13.1 Å². The molecule has 1 aromatic carbocycles. The molecule has 4 heteroatoms. The number of benzene rings is 1. The van der Waals surface area contributed by atoms with Gasteiger partial charge in [-0.3, -0.25) is 4.68 Å². The van der Waals surface area contributed by atoms with E-state index in [2.05, 4.69) is 23.4 Å². The molecule has 0 amide bonds. The zero-order valence-electron chi connectivity index (χ0n) is 12.4. The second kappa shape index (κ2) is 6.66. The third-order valence-electron chi connectivity index (χ3n) is 3.54. The van der Waals surface area contributed by atoms with Crippen molar-refractivity contribution in [3.8, 4) is 0 Å². The Bertz CT molecular complexity index is 545. The minimum Gasteiger partial charge on any atom is -0.316 e. The van der Waals surface area contributed by atoms with Crippen LogP contribution < -0.4 is 5.32 Å². The number of nitrogens with one attached hydrogen (secondary N) is 1. The molecule has 0 radical (unpaired) electrons. The third-order valence-corrected chi connectivity index (χ3v) is 3.54. The second-order valence-electron chi connectivity index (χ2n) is 5.16. The van der Waals surface area contributed by atoms with E-state index in [0.717, 1.165) is 30.8 Å². The highest BCUT2D eigenvalue weighted by molar-refractivity contribution is 5.23. The van der Waals surface area contributed by atoms with Gasteiger partial charge in [-0.05, 0) is 43.7 Å². The fraction of sp³-hybridized carbons (Fsp3) is 0.438. The summed E-state index contributed by atoms with van der Waals surface area (Å²) in [5, 5.41) is 7.77. The molecule has 108 valence electrons. The first-order valence-corrected chi connectivity index (χ1v) is 7.06. The van der Waals surface area contributed by atoms with Crippen molar-refractivity contribution in [3.05, 3.63) is 53.1 Å². The standard InChI is InChI=1S/C16H22FN3/c1-4-18-11-14(13-5-7-15(17)8-6-13)10-16-9-12(2)19-20(16)3/h5-9,14,18H,4,10-11H2,1-3H3. The van der Waals surface area contributed by atoms with Crippen molar-refractivity contribution in [2.45, 2.75) is 26.2 Å². The van der Waals surface area contributed by atoms with Gasteiger partial charge in [0, 0.05) is 25.2 Å². The van der Waals surface area contributed by atoms with E-state index in [1.54, 1.807) is 0 Å². The molecule has 0 spiro atoms. The summed E-state index contributed by atoms with van der Waals surface area (Å²) in [4.78, 5) is 0. The lowest BCUT2D eigenvalue weighted by Gasteiger charge is -2.18. The zero-order chi connectivity index (χ0) is 14.5. The molecule has 0 saturated heterocycles. The van der Waals surface area contributed by atoms with E-state index in [9.17, 15) is 4.39 Å². The van der Waals surface area contributed by atoms with Gasteiger partial charge in [0.15, 0.2) is 0 Å². The first-order chi connectivity index (χ1) is 9.60. The van der Waals surface area contributed by atoms with Gasteiger partial charge in [0.2, 0.25) is 0 Å². The monoisotopic (exact) mass is 275 g/mol. The van der Waals surface area contributed by atoms with Gasteiger partial charge in [0.1, 0.15) is 5.82 Å². The Morgan fingerprint density at radius 1 is 1.30 bits per heavy atom. The molecule has 0 fully saturated rings. The molecule has 1 aromatic heterocycles. The molecule has 3 nitrogen and oxygen atoms in total. The second-order valence-corrected chi connectivity index (χ2v) is 5.16. The lowest BCUT2D eigenvalue weighted by molar-refractivity contribution is 0.568. The van der Waals surface area contributed by atoms with E-state index in [-0.39, 0.29) is 5.82 Å². The molecule has 2 aromatic rings. The first kappa shape index (κ1) is 14.7. The van der Waals surface area contributed by atoms with Gasteiger partial charge < -0.3 is 5.32 Å². The predicted octanol–water partition coefficient (Wildman–Crippen LogP) is 2.80. The van der Waals surface area contributed by atoms with Crippen LogP contribution >= 0.6 is 0 Å². The summed E-state index contributed by atoms with van der Waals surface area (Å²) in [5.41, 5.74) is 3.39. The molecule has 0 aliphatic carbocycles. The largest absolute Gasteiger partial charge is 0.316 e. The number of aryl methyl sites for hydroxylation is 2. The number of halogens is 1. The quantitative estimate of drug-likeness (QED) is 0.878. The summed E-state index contributed by atoms with van der Waals surface area (Å²) in [7, 11) is 1.97. The average molecular weight is 275 g/mol. The van der Waals surface area contributed by atoms with Gasteiger partial charge in [-0.15, -0.1) is 0 Å². The Hall–Kier alpha value is -1.68. The topological polar surface area (TPSA) is 29.9 Å². The fourth-order valence-electron chi connectivity index (χ4n) is 2.47. The number of likely N-dealkylation sites (N-methyl/N-ethyl adjacent to an activating group) is 1. The molecule has 1 unspecified atom stereocenters. The highest BCUT2D eigenvalue weighted by Gasteiger charge is 2.14.